The predicted molar refractivity (Wildman–Crippen MR) is 111 cm³/mol. The molecule has 0 aliphatic heterocycles. The summed E-state index contributed by atoms with van der Waals surface area (Å²) in [6, 6.07) is 8.00. The second-order valence-electron chi connectivity index (χ2n) is 7.27. The van der Waals surface area contributed by atoms with Crippen LogP contribution in [0.25, 0.3) is 0 Å². The van der Waals surface area contributed by atoms with Gasteiger partial charge < -0.3 is 20.7 Å². The quantitative estimate of drug-likeness (QED) is 0.762. The fourth-order valence-electron chi connectivity index (χ4n) is 3.62. The Bertz CT molecular complexity index is 567. The third kappa shape index (κ3) is 6.02. The first-order valence-electron chi connectivity index (χ1n) is 8.72. The number of amides is 1. The summed E-state index contributed by atoms with van der Waals surface area (Å²) >= 11 is 0. The van der Waals surface area contributed by atoms with Crippen molar-refractivity contribution >= 4 is 30.7 Å². The highest BCUT2D eigenvalue weighted by molar-refractivity contribution is 5.85. The van der Waals surface area contributed by atoms with Crippen LogP contribution in [0.4, 0.5) is 0 Å². The van der Waals surface area contributed by atoms with Gasteiger partial charge in [0.25, 0.3) is 0 Å². The van der Waals surface area contributed by atoms with Crippen LogP contribution >= 0.6 is 24.8 Å². The van der Waals surface area contributed by atoms with E-state index in [0.717, 1.165) is 37.0 Å². The van der Waals surface area contributed by atoms with Crippen molar-refractivity contribution in [1.29, 1.82) is 0 Å². The van der Waals surface area contributed by atoms with Crippen molar-refractivity contribution in [3.63, 3.8) is 0 Å². The average Bonchev–Trinajstić information content (AvgIpc) is 2.54. The molecule has 1 aliphatic rings. The average molecular weight is 406 g/mol. The molecule has 3 unspecified atom stereocenters. The molecule has 3 atom stereocenters. The van der Waals surface area contributed by atoms with E-state index in [-0.39, 0.29) is 42.7 Å². The molecule has 1 aromatic carbocycles. The number of rotatable bonds is 6. The van der Waals surface area contributed by atoms with E-state index >= 15 is 0 Å². The van der Waals surface area contributed by atoms with Gasteiger partial charge in [0.1, 0.15) is 5.75 Å². The molecule has 7 heteroatoms. The Morgan fingerprint density at radius 1 is 1.35 bits per heavy atom. The van der Waals surface area contributed by atoms with E-state index in [1.165, 1.54) is 0 Å². The van der Waals surface area contributed by atoms with Crippen LogP contribution in [0.2, 0.25) is 0 Å². The number of ether oxygens (including phenoxy) is 1. The summed E-state index contributed by atoms with van der Waals surface area (Å²) in [6.07, 6.45) is 3.97. The monoisotopic (exact) mass is 405 g/mol. The lowest BCUT2D eigenvalue weighted by Crippen LogP contribution is -2.53. The van der Waals surface area contributed by atoms with Gasteiger partial charge in [0.05, 0.1) is 19.1 Å². The SMILES string of the molecule is COc1ccccc1C(CNC(=O)C1CCCCC1(C)N)N(C)C.Cl.Cl. The third-order valence-corrected chi connectivity index (χ3v) is 5.16. The summed E-state index contributed by atoms with van der Waals surface area (Å²) in [5.41, 5.74) is 7.03. The molecule has 1 saturated carbocycles. The Morgan fingerprint density at radius 3 is 2.58 bits per heavy atom. The van der Waals surface area contributed by atoms with Crippen molar-refractivity contribution in [3.8, 4) is 5.75 Å². The minimum atomic E-state index is -0.402. The van der Waals surface area contributed by atoms with Crippen molar-refractivity contribution in [3.05, 3.63) is 29.8 Å². The first-order valence-corrected chi connectivity index (χ1v) is 8.72. The van der Waals surface area contributed by atoms with Crippen molar-refractivity contribution < 1.29 is 9.53 Å². The largest absolute Gasteiger partial charge is 0.496 e. The smallest absolute Gasteiger partial charge is 0.225 e. The summed E-state index contributed by atoms with van der Waals surface area (Å²) < 4.78 is 5.47. The number of para-hydroxylation sites is 1. The lowest BCUT2D eigenvalue weighted by molar-refractivity contribution is -0.128. The van der Waals surface area contributed by atoms with Gasteiger partial charge in [-0.3, -0.25) is 4.79 Å². The molecule has 3 N–H and O–H groups in total. The molecule has 1 aliphatic carbocycles. The van der Waals surface area contributed by atoms with Crippen LogP contribution in [-0.2, 0) is 4.79 Å². The summed E-state index contributed by atoms with van der Waals surface area (Å²) in [5.74, 6) is 0.806. The van der Waals surface area contributed by atoms with Crippen molar-refractivity contribution in [2.24, 2.45) is 11.7 Å². The molecular formula is C19H33Cl2N3O2. The number of hydrogen-bond donors (Lipinski definition) is 2. The van der Waals surface area contributed by atoms with Crippen LogP contribution in [0.15, 0.2) is 24.3 Å². The Morgan fingerprint density at radius 2 is 2.00 bits per heavy atom. The highest BCUT2D eigenvalue weighted by atomic mass is 35.5. The van der Waals surface area contributed by atoms with Gasteiger partial charge in [0.2, 0.25) is 5.91 Å². The lowest BCUT2D eigenvalue weighted by atomic mass is 9.74. The van der Waals surface area contributed by atoms with E-state index in [1.54, 1.807) is 7.11 Å². The molecule has 2 rings (SSSR count). The minimum Gasteiger partial charge on any atom is -0.496 e. The standard InChI is InChI=1S/C19H31N3O2.2ClH/c1-19(20)12-8-7-10-15(19)18(23)21-13-16(22(2)3)14-9-5-6-11-17(14)24-4;;/h5-6,9,11,15-16H,7-8,10,12-13,20H2,1-4H3,(H,21,23);2*1H. The molecule has 1 amide bonds. The topological polar surface area (TPSA) is 67.6 Å². The molecule has 0 bridgehead atoms. The number of hydrogen-bond acceptors (Lipinski definition) is 4. The third-order valence-electron chi connectivity index (χ3n) is 5.16. The number of nitrogens with zero attached hydrogens (tertiary/aromatic N) is 1. The van der Waals surface area contributed by atoms with Crippen LogP contribution in [0, 0.1) is 5.92 Å². The molecule has 1 aromatic rings. The van der Waals surface area contributed by atoms with Gasteiger partial charge in [0, 0.05) is 17.6 Å². The molecule has 150 valence electrons. The molecule has 0 saturated heterocycles. The molecule has 5 nitrogen and oxygen atoms in total. The van der Waals surface area contributed by atoms with Crippen LogP contribution < -0.4 is 15.8 Å². The van der Waals surface area contributed by atoms with E-state index < -0.39 is 5.54 Å². The van der Waals surface area contributed by atoms with E-state index in [1.807, 2.05) is 45.3 Å². The maximum atomic E-state index is 12.7. The number of nitrogens with one attached hydrogen (secondary N) is 1. The number of carbonyl (C=O) groups excluding carboxylic acids is 1. The molecule has 0 radical (unpaired) electrons. The molecule has 0 spiro atoms. The fourth-order valence-corrected chi connectivity index (χ4v) is 3.62. The zero-order chi connectivity index (χ0) is 17.7. The molecule has 0 aromatic heterocycles. The van der Waals surface area contributed by atoms with Crippen molar-refractivity contribution in [1.82, 2.24) is 10.2 Å². The summed E-state index contributed by atoms with van der Waals surface area (Å²) in [5, 5.41) is 3.12. The van der Waals surface area contributed by atoms with Gasteiger partial charge in [-0.05, 0) is 39.9 Å². The normalized spacial score (nSPS) is 23.4. The molecular weight excluding hydrogens is 373 g/mol. The summed E-state index contributed by atoms with van der Waals surface area (Å²) in [4.78, 5) is 14.8. The Labute approximate surface area is 169 Å². The first-order chi connectivity index (χ1) is 11.4. The number of likely N-dealkylation sites (N-methyl/N-ethyl adjacent to an activating group) is 1. The summed E-state index contributed by atoms with van der Waals surface area (Å²) in [7, 11) is 5.69. The fraction of sp³-hybridized carbons (Fsp3) is 0.632. The molecule has 1 fully saturated rings. The lowest BCUT2D eigenvalue weighted by Gasteiger charge is -2.37. The van der Waals surface area contributed by atoms with Gasteiger partial charge in [-0.1, -0.05) is 31.0 Å². The van der Waals surface area contributed by atoms with Crippen molar-refractivity contribution in [2.75, 3.05) is 27.7 Å². The van der Waals surface area contributed by atoms with Crippen molar-refractivity contribution in [2.45, 2.75) is 44.2 Å². The first kappa shape index (κ1) is 25.0. The number of nitrogens with two attached hydrogens (primary N) is 1. The second kappa shape index (κ2) is 11.0. The van der Waals surface area contributed by atoms with Gasteiger partial charge in [-0.2, -0.15) is 0 Å². The highest BCUT2D eigenvalue weighted by Crippen LogP contribution is 2.32. The maximum Gasteiger partial charge on any atom is 0.225 e. The molecule has 0 heterocycles. The number of carbonyl (C=O) groups is 1. The van der Waals surface area contributed by atoms with Gasteiger partial charge in [0.15, 0.2) is 0 Å². The van der Waals surface area contributed by atoms with Crippen LogP contribution in [0.3, 0.4) is 0 Å². The second-order valence-corrected chi connectivity index (χ2v) is 7.27. The summed E-state index contributed by atoms with van der Waals surface area (Å²) in [6.45, 7) is 2.54. The van der Waals surface area contributed by atoms with Crippen LogP contribution in [-0.4, -0.2) is 44.1 Å². The molecule has 26 heavy (non-hydrogen) atoms. The number of halogens is 2. The number of methoxy groups -OCH3 is 1. The van der Waals surface area contributed by atoms with E-state index in [4.69, 9.17) is 10.5 Å². The van der Waals surface area contributed by atoms with Gasteiger partial charge >= 0.3 is 0 Å². The Kier molecular flexibility index (Phi) is 10.5. The Hall–Kier alpha value is -1.01. The number of benzene rings is 1. The van der Waals surface area contributed by atoms with Gasteiger partial charge in [-0.25, -0.2) is 0 Å². The minimum absolute atomic E-state index is 0. The van der Waals surface area contributed by atoms with E-state index in [9.17, 15) is 4.79 Å². The Balaban J connectivity index is 0.00000312. The zero-order valence-corrected chi connectivity index (χ0v) is 17.8. The predicted octanol–water partition coefficient (Wildman–Crippen LogP) is 3.17. The van der Waals surface area contributed by atoms with Gasteiger partial charge in [-0.15, -0.1) is 24.8 Å². The van der Waals surface area contributed by atoms with Crippen LogP contribution in [0.1, 0.15) is 44.2 Å². The van der Waals surface area contributed by atoms with E-state index in [0.29, 0.717) is 6.54 Å². The van der Waals surface area contributed by atoms with E-state index in [2.05, 4.69) is 10.2 Å². The van der Waals surface area contributed by atoms with Crippen LogP contribution in [0.5, 0.6) is 5.75 Å². The zero-order valence-electron chi connectivity index (χ0n) is 16.2. The highest BCUT2D eigenvalue weighted by Gasteiger charge is 2.37. The maximum absolute atomic E-state index is 12.7.